The summed E-state index contributed by atoms with van der Waals surface area (Å²) in [7, 11) is 0. The first kappa shape index (κ1) is 32.8. The molecular weight excluding hydrogens is 695 g/mol. The summed E-state index contributed by atoms with van der Waals surface area (Å²) in [6.45, 7) is 0. The molecule has 0 fully saturated rings. The second-order valence-corrected chi connectivity index (χ2v) is 14.5. The Morgan fingerprint density at radius 1 is 0.298 bits per heavy atom. The van der Waals surface area contributed by atoms with E-state index in [1.54, 1.807) is 0 Å². The molecule has 0 aliphatic carbocycles. The molecule has 0 aliphatic heterocycles. The maximum absolute atomic E-state index is 6.91. The Morgan fingerprint density at radius 2 is 0.772 bits per heavy atom. The van der Waals surface area contributed by atoms with Gasteiger partial charge in [-0.15, -0.1) is 0 Å². The lowest BCUT2D eigenvalue weighted by Crippen LogP contribution is -2.10. The summed E-state index contributed by atoms with van der Waals surface area (Å²) < 4.78 is 13.4. The van der Waals surface area contributed by atoms with Crippen LogP contribution in [0.25, 0.3) is 88.4 Å². The average molecular weight is 730 g/mol. The van der Waals surface area contributed by atoms with Gasteiger partial charge in [-0.2, -0.15) is 0 Å². The van der Waals surface area contributed by atoms with Crippen LogP contribution in [0.2, 0.25) is 0 Å². The number of hydrogen-bond donors (Lipinski definition) is 0. The molecule has 2 heterocycles. The van der Waals surface area contributed by atoms with E-state index in [1.807, 2.05) is 18.2 Å². The van der Waals surface area contributed by atoms with Crippen molar-refractivity contribution in [1.29, 1.82) is 0 Å². The Labute approximate surface area is 330 Å². The fraction of sp³-hybridized carbons (Fsp3) is 0. The first-order valence-corrected chi connectivity index (χ1v) is 19.3. The fourth-order valence-corrected chi connectivity index (χ4v) is 8.35. The third-order valence-corrected chi connectivity index (χ3v) is 11.1. The van der Waals surface area contributed by atoms with Crippen molar-refractivity contribution in [2.75, 3.05) is 4.90 Å². The normalized spacial score (nSPS) is 11.5. The zero-order chi connectivity index (χ0) is 37.7. The van der Waals surface area contributed by atoms with Gasteiger partial charge in [-0.3, -0.25) is 0 Å². The standard InChI is InChI=1S/C54H35NO2/c1-3-13-36(14-4-1)38-25-29-42(30-26-38)55(43-31-27-39(28-32-43)37-15-5-2-6-16-37)49-34-33-44(52-48-20-8-10-24-51(48)57-54(49)52)40-17-11-18-41(35-40)45-21-12-22-47-46-19-7-9-23-50(46)56-53(45)47/h1-35H. The van der Waals surface area contributed by atoms with E-state index >= 15 is 0 Å². The minimum Gasteiger partial charge on any atom is -0.455 e. The van der Waals surface area contributed by atoms with Crippen LogP contribution in [0.3, 0.4) is 0 Å². The van der Waals surface area contributed by atoms with E-state index in [1.165, 1.54) is 22.3 Å². The molecule has 0 amide bonds. The van der Waals surface area contributed by atoms with Crippen LogP contribution in [0.5, 0.6) is 0 Å². The van der Waals surface area contributed by atoms with E-state index in [4.69, 9.17) is 8.83 Å². The SMILES string of the molecule is c1ccc(-c2ccc(N(c3ccc(-c4ccccc4)cc3)c3ccc(-c4cccc(-c5cccc6c5oc5ccccc56)c4)c4c3oc3ccccc34)cc2)cc1. The second kappa shape index (κ2) is 13.6. The number of fused-ring (bicyclic) bond motifs is 6. The molecule has 0 atom stereocenters. The summed E-state index contributed by atoms with van der Waals surface area (Å²) in [6, 6.07) is 75.0. The van der Waals surface area contributed by atoms with Crippen molar-refractivity contribution in [3.63, 3.8) is 0 Å². The van der Waals surface area contributed by atoms with E-state index in [0.717, 1.165) is 83.2 Å². The summed E-state index contributed by atoms with van der Waals surface area (Å²) in [5.41, 5.74) is 15.6. The predicted octanol–water partition coefficient (Wildman–Crippen LogP) is 15.6. The molecule has 0 N–H and O–H groups in total. The number of furan rings is 2. The third-order valence-electron chi connectivity index (χ3n) is 11.1. The molecule has 11 aromatic rings. The molecule has 0 aliphatic rings. The number of benzene rings is 9. The highest BCUT2D eigenvalue weighted by molar-refractivity contribution is 6.17. The highest BCUT2D eigenvalue weighted by Crippen LogP contribution is 2.47. The number of anilines is 3. The van der Waals surface area contributed by atoms with E-state index < -0.39 is 0 Å². The Bertz CT molecular complexity index is 3130. The highest BCUT2D eigenvalue weighted by atomic mass is 16.3. The minimum absolute atomic E-state index is 0.831. The smallest absolute Gasteiger partial charge is 0.160 e. The molecule has 3 heteroatoms. The zero-order valence-electron chi connectivity index (χ0n) is 31.0. The van der Waals surface area contributed by atoms with Gasteiger partial charge in [0.15, 0.2) is 5.58 Å². The minimum atomic E-state index is 0.831. The van der Waals surface area contributed by atoms with Gasteiger partial charge in [0.05, 0.1) is 5.69 Å². The molecule has 9 aromatic carbocycles. The van der Waals surface area contributed by atoms with Gasteiger partial charge in [0.1, 0.15) is 16.7 Å². The van der Waals surface area contributed by atoms with E-state index in [-0.39, 0.29) is 0 Å². The van der Waals surface area contributed by atoms with Crippen LogP contribution in [0.15, 0.2) is 221 Å². The summed E-state index contributed by atoms with van der Waals surface area (Å²) >= 11 is 0. The van der Waals surface area contributed by atoms with Crippen LogP contribution in [-0.2, 0) is 0 Å². The Hall–Kier alpha value is -7.62. The van der Waals surface area contributed by atoms with Crippen LogP contribution < -0.4 is 4.90 Å². The van der Waals surface area contributed by atoms with Gasteiger partial charge < -0.3 is 13.7 Å². The van der Waals surface area contributed by atoms with Crippen LogP contribution >= 0.6 is 0 Å². The Balaban J connectivity index is 1.09. The van der Waals surface area contributed by atoms with Crippen molar-refractivity contribution >= 4 is 60.9 Å². The van der Waals surface area contributed by atoms with Crippen LogP contribution in [0.1, 0.15) is 0 Å². The van der Waals surface area contributed by atoms with Crippen molar-refractivity contribution < 1.29 is 8.83 Å². The lowest BCUT2D eigenvalue weighted by atomic mass is 9.94. The topological polar surface area (TPSA) is 29.5 Å². The van der Waals surface area contributed by atoms with Crippen LogP contribution in [0.4, 0.5) is 17.1 Å². The summed E-state index contributed by atoms with van der Waals surface area (Å²) in [4.78, 5) is 2.32. The maximum atomic E-state index is 6.91. The number of para-hydroxylation sites is 3. The Morgan fingerprint density at radius 3 is 1.42 bits per heavy atom. The van der Waals surface area contributed by atoms with Gasteiger partial charge >= 0.3 is 0 Å². The summed E-state index contributed by atoms with van der Waals surface area (Å²) in [5, 5.41) is 4.40. The van der Waals surface area contributed by atoms with Crippen molar-refractivity contribution in [3.05, 3.63) is 212 Å². The predicted molar refractivity (Wildman–Crippen MR) is 237 cm³/mol. The maximum Gasteiger partial charge on any atom is 0.160 e. The largest absolute Gasteiger partial charge is 0.455 e. The van der Waals surface area contributed by atoms with Gasteiger partial charge in [-0.1, -0.05) is 164 Å². The van der Waals surface area contributed by atoms with E-state index in [0.29, 0.717) is 0 Å². The van der Waals surface area contributed by atoms with E-state index in [9.17, 15) is 0 Å². The number of hydrogen-bond acceptors (Lipinski definition) is 3. The number of rotatable bonds is 7. The molecule has 0 unspecified atom stereocenters. The van der Waals surface area contributed by atoms with Gasteiger partial charge in [-0.25, -0.2) is 0 Å². The van der Waals surface area contributed by atoms with Crippen molar-refractivity contribution in [2.24, 2.45) is 0 Å². The molecule has 0 bridgehead atoms. The zero-order valence-corrected chi connectivity index (χ0v) is 31.0. The molecule has 268 valence electrons. The molecule has 57 heavy (non-hydrogen) atoms. The lowest BCUT2D eigenvalue weighted by molar-refractivity contribution is 0.669. The Kier molecular flexibility index (Phi) is 7.82. The highest BCUT2D eigenvalue weighted by Gasteiger charge is 2.23. The summed E-state index contributed by atoms with van der Waals surface area (Å²) in [6.07, 6.45) is 0. The number of nitrogens with zero attached hydrogens (tertiary/aromatic N) is 1. The molecular formula is C54H35NO2. The first-order valence-electron chi connectivity index (χ1n) is 19.3. The van der Waals surface area contributed by atoms with Gasteiger partial charge in [0.25, 0.3) is 0 Å². The van der Waals surface area contributed by atoms with Crippen molar-refractivity contribution in [2.45, 2.75) is 0 Å². The molecule has 0 radical (unpaired) electrons. The molecule has 0 saturated heterocycles. The average Bonchev–Trinajstić information content (AvgIpc) is 3.87. The third kappa shape index (κ3) is 5.68. The first-order chi connectivity index (χ1) is 28.3. The van der Waals surface area contributed by atoms with Gasteiger partial charge in [0.2, 0.25) is 0 Å². The van der Waals surface area contributed by atoms with Crippen molar-refractivity contribution in [3.8, 4) is 44.5 Å². The van der Waals surface area contributed by atoms with E-state index in [2.05, 4.69) is 199 Å². The van der Waals surface area contributed by atoms with Gasteiger partial charge in [0, 0.05) is 38.5 Å². The van der Waals surface area contributed by atoms with Gasteiger partial charge in [-0.05, 0) is 87.5 Å². The molecule has 3 nitrogen and oxygen atoms in total. The van der Waals surface area contributed by atoms with Crippen LogP contribution in [-0.4, -0.2) is 0 Å². The monoisotopic (exact) mass is 729 g/mol. The molecule has 11 rings (SSSR count). The summed E-state index contributed by atoms with van der Waals surface area (Å²) in [5.74, 6) is 0. The molecule has 2 aromatic heterocycles. The van der Waals surface area contributed by atoms with Crippen molar-refractivity contribution in [1.82, 2.24) is 0 Å². The molecule has 0 saturated carbocycles. The lowest BCUT2D eigenvalue weighted by Gasteiger charge is -2.26. The fourth-order valence-electron chi connectivity index (χ4n) is 8.35. The second-order valence-electron chi connectivity index (χ2n) is 14.5. The molecule has 0 spiro atoms. The quantitative estimate of drug-likeness (QED) is 0.164. The van der Waals surface area contributed by atoms with Crippen LogP contribution in [0, 0.1) is 0 Å².